The van der Waals surface area contributed by atoms with Crippen molar-refractivity contribution in [3.63, 3.8) is 0 Å². The van der Waals surface area contributed by atoms with Crippen molar-refractivity contribution in [2.45, 2.75) is 91.9 Å². The molecule has 0 aliphatic heterocycles. The first-order chi connectivity index (χ1) is 29.4. The summed E-state index contributed by atoms with van der Waals surface area (Å²) in [6, 6.07) is 37.8. The van der Waals surface area contributed by atoms with Crippen molar-refractivity contribution in [2.75, 3.05) is 0 Å². The minimum absolute atomic E-state index is 0. The quantitative estimate of drug-likeness (QED) is 0.167. The van der Waals surface area contributed by atoms with Crippen LogP contribution in [0.25, 0.3) is 72.1 Å². The first-order valence-corrected chi connectivity index (χ1v) is 21.1. The molecule has 9 rings (SSSR count). The number of hydrogen-bond donors (Lipinski definition) is 1. The average molecular weight is 1020 g/mol. The number of aromatic nitrogens is 4. The number of furan rings is 1. The van der Waals surface area contributed by atoms with Crippen molar-refractivity contribution in [3.8, 4) is 28.3 Å². The molecule has 9 heteroatoms. The molecule has 0 amide bonds. The van der Waals surface area contributed by atoms with E-state index in [2.05, 4.69) is 158 Å². The van der Waals surface area contributed by atoms with Crippen molar-refractivity contribution in [2.24, 2.45) is 0 Å². The van der Waals surface area contributed by atoms with Gasteiger partial charge in [-0.2, -0.15) is 0 Å². The number of pyridine rings is 2. The van der Waals surface area contributed by atoms with Gasteiger partial charge in [0, 0.05) is 54.3 Å². The molecular weight excluding hydrogens is 964 g/mol. The van der Waals surface area contributed by atoms with Crippen LogP contribution in [0.4, 0.5) is 4.39 Å². The number of benzene rings is 5. The fraction of sp³-hybridized carbons (Fsp3) is 0.259. The first-order valence-electron chi connectivity index (χ1n) is 21.1. The van der Waals surface area contributed by atoms with Crippen molar-refractivity contribution >= 4 is 49.7 Å². The van der Waals surface area contributed by atoms with Crippen molar-refractivity contribution in [1.29, 1.82) is 0 Å². The molecule has 0 atom stereocenters. The molecule has 7 nitrogen and oxygen atoms in total. The molecule has 0 bridgehead atoms. The van der Waals surface area contributed by atoms with Gasteiger partial charge in [0.05, 0.1) is 28.6 Å². The maximum absolute atomic E-state index is 13.9. The Morgan fingerprint density at radius 1 is 0.762 bits per heavy atom. The van der Waals surface area contributed by atoms with Gasteiger partial charge >= 0.3 is 0 Å². The van der Waals surface area contributed by atoms with Gasteiger partial charge in [0.15, 0.2) is 0 Å². The number of nitrogens with zero attached hydrogens (tertiary/aromatic N) is 4. The Kier molecular flexibility index (Phi) is 12.3. The summed E-state index contributed by atoms with van der Waals surface area (Å²) in [5, 5.41) is 13.3. The number of halogens is 1. The first kappa shape index (κ1) is 45.0. The van der Waals surface area contributed by atoms with Crippen LogP contribution < -0.4 is 0 Å². The van der Waals surface area contributed by atoms with Crippen LogP contribution in [0, 0.1) is 17.9 Å². The Morgan fingerprint density at radius 3 is 2.03 bits per heavy atom. The fourth-order valence-electron chi connectivity index (χ4n) is 7.92. The Bertz CT molecular complexity index is 3120. The Morgan fingerprint density at radius 2 is 1.44 bits per heavy atom. The summed E-state index contributed by atoms with van der Waals surface area (Å²) >= 11 is 0. The third-order valence-corrected chi connectivity index (χ3v) is 11.4. The van der Waals surface area contributed by atoms with Crippen molar-refractivity contribution < 1.29 is 38.8 Å². The van der Waals surface area contributed by atoms with E-state index in [0.29, 0.717) is 17.5 Å². The van der Waals surface area contributed by atoms with Gasteiger partial charge in [0.25, 0.3) is 5.97 Å². The Labute approximate surface area is 381 Å². The molecule has 323 valence electrons. The van der Waals surface area contributed by atoms with E-state index >= 15 is 0 Å². The molecule has 0 unspecified atom stereocenters. The maximum Gasteiger partial charge on any atom is 0.292 e. The molecule has 0 saturated heterocycles. The predicted octanol–water partition coefficient (Wildman–Crippen LogP) is 14.2. The van der Waals surface area contributed by atoms with Gasteiger partial charge in [0.1, 0.15) is 5.58 Å². The normalized spacial score (nSPS) is 12.0. The van der Waals surface area contributed by atoms with E-state index < -0.39 is 11.8 Å². The van der Waals surface area contributed by atoms with E-state index in [9.17, 15) is 9.18 Å². The zero-order chi connectivity index (χ0) is 44.2. The molecule has 0 aliphatic rings. The number of carboxylic acid groups (broad SMARTS) is 1. The van der Waals surface area contributed by atoms with E-state index in [4.69, 9.17) is 19.5 Å². The zero-order valence-corrected chi connectivity index (χ0v) is 39.7. The summed E-state index contributed by atoms with van der Waals surface area (Å²) in [6.07, 6.45) is 3.63. The van der Waals surface area contributed by atoms with Gasteiger partial charge in [-0.3, -0.25) is 19.2 Å². The van der Waals surface area contributed by atoms with Gasteiger partial charge < -0.3 is 19.1 Å². The summed E-state index contributed by atoms with van der Waals surface area (Å²) in [5.74, 6) is -0.344. The molecule has 63 heavy (non-hydrogen) atoms. The van der Waals surface area contributed by atoms with Crippen LogP contribution in [0.1, 0.15) is 114 Å². The molecule has 1 radical (unpaired) electrons. The minimum atomic E-state index is -1.18. The largest absolute Gasteiger partial charge is 0.501 e. The molecule has 1 N–H and O–H groups in total. The van der Waals surface area contributed by atoms with Crippen LogP contribution in [0.3, 0.4) is 0 Å². The number of aromatic carboxylic acids is 1. The number of carbonyl (C=O) groups is 1. The second kappa shape index (κ2) is 17.3. The molecule has 5 aromatic carbocycles. The van der Waals surface area contributed by atoms with E-state index in [0.717, 1.165) is 67.1 Å². The van der Waals surface area contributed by atoms with Crippen LogP contribution in [0.2, 0.25) is 0 Å². The Hall–Kier alpha value is -6.02. The predicted molar refractivity (Wildman–Crippen MR) is 249 cm³/mol. The summed E-state index contributed by atoms with van der Waals surface area (Å²) in [6.45, 7) is 21.9. The number of carboxylic acids is 1. The third-order valence-electron chi connectivity index (χ3n) is 11.4. The van der Waals surface area contributed by atoms with Gasteiger partial charge in [0.2, 0.25) is 0 Å². The van der Waals surface area contributed by atoms with E-state index in [1.54, 1.807) is 12.3 Å². The molecule has 0 spiro atoms. The number of hydrogen-bond acceptors (Lipinski definition) is 5. The van der Waals surface area contributed by atoms with Crippen LogP contribution >= 0.6 is 0 Å². The summed E-state index contributed by atoms with van der Waals surface area (Å²) < 4.78 is 22.9. The van der Waals surface area contributed by atoms with Crippen LogP contribution in [0.5, 0.6) is 0 Å². The number of fused-ring (bicyclic) bond motifs is 5. The van der Waals surface area contributed by atoms with Crippen LogP contribution in [-0.4, -0.2) is 30.6 Å². The van der Waals surface area contributed by atoms with Crippen molar-refractivity contribution in [3.05, 3.63) is 155 Å². The molecule has 4 heterocycles. The maximum atomic E-state index is 13.9. The number of imidazole rings is 1. The average Bonchev–Trinajstić information content (AvgIpc) is 3.79. The summed E-state index contributed by atoms with van der Waals surface area (Å²) in [4.78, 5) is 25.1. The Balaban J connectivity index is 0.000000239. The third kappa shape index (κ3) is 8.69. The standard InChI is InChI=1S/C38H36N3O.C16H15FNO2.Ir/c1-22(2)26-14-10-15-27(23(3)4)35(26)41-32-20-34(38(5,6)7)39-21-31(32)40-37(41)29-17-11-16-28-30-18-24-12-8-9-13-25(24)19-33(30)42-36(28)29;1-16(2,3)11-5-7-14(18-9-11)12-6-4-10(15(19)20)8-13(12)17;/h8-16,18-23H,1-7H3;4-5,7-9H,1-3H3,(H,19,20);/q2*-1;. The second-order valence-electron chi connectivity index (χ2n) is 18.7. The second-order valence-corrected chi connectivity index (χ2v) is 18.7. The molecule has 0 saturated carbocycles. The van der Waals surface area contributed by atoms with Gasteiger partial charge in [-0.15, -0.1) is 30.3 Å². The molecule has 9 aromatic rings. The zero-order valence-electron chi connectivity index (χ0n) is 37.3. The van der Waals surface area contributed by atoms with E-state index in [-0.39, 0.29) is 42.1 Å². The van der Waals surface area contributed by atoms with Gasteiger partial charge in [-0.1, -0.05) is 146 Å². The summed E-state index contributed by atoms with van der Waals surface area (Å²) in [5.41, 5.74) is 10.6. The summed E-state index contributed by atoms with van der Waals surface area (Å²) in [7, 11) is 0. The molecule has 4 aromatic heterocycles. The fourth-order valence-corrected chi connectivity index (χ4v) is 7.92. The van der Waals surface area contributed by atoms with E-state index in [1.807, 2.05) is 18.3 Å². The van der Waals surface area contributed by atoms with Gasteiger partial charge in [-0.05, 0) is 74.2 Å². The van der Waals surface area contributed by atoms with Crippen LogP contribution in [0.15, 0.2) is 114 Å². The minimum Gasteiger partial charge on any atom is -0.501 e. The molecule has 0 fully saturated rings. The monoisotopic (exact) mass is 1020 g/mol. The molecular formula is C54H51FIrN4O3-2. The van der Waals surface area contributed by atoms with Crippen LogP contribution in [-0.2, 0) is 30.9 Å². The molecule has 0 aliphatic carbocycles. The topological polar surface area (TPSA) is 94.0 Å². The smallest absolute Gasteiger partial charge is 0.292 e. The SMILES string of the molecule is CC(C)(C)c1ccc(-c2[c-]cc(C(=O)O)cc2F)nc1.CC(C)c1cccc(C(C)C)c1-n1c(-c2[c-]ccc3c2oc2cc4ccccc4cc23)nc2cnc(C(C)(C)C)cc21.[Ir]. The van der Waals surface area contributed by atoms with E-state index in [1.165, 1.54) is 28.3 Å². The number of para-hydroxylation sites is 1. The number of rotatable bonds is 6. The van der Waals surface area contributed by atoms with Crippen molar-refractivity contribution in [1.82, 2.24) is 19.5 Å². The van der Waals surface area contributed by atoms with Gasteiger partial charge in [-0.25, -0.2) is 0 Å².